The molecule has 3 aromatic rings. The first-order valence-electron chi connectivity index (χ1n) is 9.97. The van der Waals surface area contributed by atoms with Crippen molar-refractivity contribution in [3.63, 3.8) is 0 Å². The van der Waals surface area contributed by atoms with Gasteiger partial charge in [-0.25, -0.2) is 4.39 Å². The minimum atomic E-state index is -0.385. The lowest BCUT2D eigenvalue weighted by Crippen LogP contribution is -2.41. The van der Waals surface area contributed by atoms with Crippen molar-refractivity contribution in [1.29, 1.82) is 0 Å². The van der Waals surface area contributed by atoms with Crippen molar-refractivity contribution in [1.82, 2.24) is 14.8 Å². The summed E-state index contributed by atoms with van der Waals surface area (Å²) in [5, 5.41) is 11.6. The Hall–Kier alpha value is -3.40. The Kier molecular flexibility index (Phi) is 6.13. The van der Waals surface area contributed by atoms with Crippen LogP contribution < -0.4 is 15.0 Å². The molecule has 1 unspecified atom stereocenters. The number of halogens is 1. The second kappa shape index (κ2) is 8.99. The van der Waals surface area contributed by atoms with Gasteiger partial charge in [0, 0.05) is 12.7 Å². The topological polar surface area (TPSA) is 89.3 Å². The van der Waals surface area contributed by atoms with Gasteiger partial charge in [0.15, 0.2) is 17.6 Å². The number of ether oxygens (including phenoxy) is 1. The van der Waals surface area contributed by atoms with E-state index in [0.717, 1.165) is 0 Å². The molecule has 166 valence electrons. The molecule has 2 heterocycles. The molecule has 1 aliphatic heterocycles. The number of hydrogen-bond donors (Lipinski definition) is 1. The van der Waals surface area contributed by atoms with Crippen LogP contribution in [0.1, 0.15) is 24.4 Å². The van der Waals surface area contributed by atoms with Crippen molar-refractivity contribution in [3.8, 4) is 5.75 Å². The molecular formula is C22H22FN5O3S. The SMILES string of the molecule is Cc1ccc(NC(=O)CSc2nnc(C(C)N3C(=O)COc4ccccc43)n2C)cc1F. The van der Waals surface area contributed by atoms with E-state index in [-0.39, 0.29) is 36.0 Å². The van der Waals surface area contributed by atoms with Gasteiger partial charge in [0.05, 0.1) is 17.5 Å². The van der Waals surface area contributed by atoms with E-state index in [4.69, 9.17) is 4.74 Å². The Morgan fingerprint density at radius 3 is 2.84 bits per heavy atom. The lowest BCUT2D eigenvalue weighted by molar-refractivity contribution is -0.121. The average molecular weight is 456 g/mol. The van der Waals surface area contributed by atoms with Crippen LogP contribution in [0.25, 0.3) is 0 Å². The maximum Gasteiger partial charge on any atom is 0.265 e. The van der Waals surface area contributed by atoms with Gasteiger partial charge in [0.2, 0.25) is 5.91 Å². The van der Waals surface area contributed by atoms with Crippen LogP contribution in [-0.4, -0.2) is 38.9 Å². The zero-order valence-corrected chi connectivity index (χ0v) is 18.6. The highest BCUT2D eigenvalue weighted by molar-refractivity contribution is 7.99. The number of hydrogen-bond acceptors (Lipinski definition) is 6. The van der Waals surface area contributed by atoms with E-state index in [9.17, 15) is 14.0 Å². The molecule has 0 radical (unpaired) electrons. The highest BCUT2D eigenvalue weighted by Crippen LogP contribution is 2.37. The van der Waals surface area contributed by atoms with Crippen molar-refractivity contribution in [2.24, 2.45) is 7.05 Å². The predicted molar refractivity (Wildman–Crippen MR) is 119 cm³/mol. The number of anilines is 2. The number of nitrogens with zero attached hydrogens (tertiary/aromatic N) is 4. The molecule has 10 heteroatoms. The number of aryl methyl sites for hydroxylation is 1. The Morgan fingerprint density at radius 2 is 2.06 bits per heavy atom. The molecule has 2 amide bonds. The standard InChI is InChI=1S/C22H22FN5O3S/c1-13-8-9-15(10-16(13)23)24-19(29)12-32-22-26-25-21(27(22)3)14(2)28-17-6-4-5-7-18(17)31-11-20(28)30/h4-10,14H,11-12H2,1-3H3,(H,24,29). The van der Waals surface area contributed by atoms with E-state index in [1.54, 1.807) is 35.6 Å². The second-order valence-electron chi connectivity index (χ2n) is 7.40. The van der Waals surface area contributed by atoms with E-state index in [1.165, 1.54) is 17.8 Å². The number of thioether (sulfide) groups is 1. The van der Waals surface area contributed by atoms with Gasteiger partial charge in [-0.1, -0.05) is 30.0 Å². The van der Waals surface area contributed by atoms with E-state index in [0.29, 0.717) is 33.7 Å². The predicted octanol–water partition coefficient (Wildman–Crippen LogP) is 3.48. The van der Waals surface area contributed by atoms with Crippen LogP contribution in [0.5, 0.6) is 5.75 Å². The zero-order chi connectivity index (χ0) is 22.8. The number of fused-ring (bicyclic) bond motifs is 1. The quantitative estimate of drug-likeness (QED) is 0.573. The molecular weight excluding hydrogens is 433 g/mol. The van der Waals surface area contributed by atoms with Crippen molar-refractivity contribution in [3.05, 3.63) is 59.7 Å². The Labute approximate surface area is 188 Å². The lowest BCUT2D eigenvalue weighted by atomic mass is 10.1. The number of benzene rings is 2. The van der Waals surface area contributed by atoms with Crippen molar-refractivity contribution in [2.45, 2.75) is 25.0 Å². The molecule has 0 saturated carbocycles. The van der Waals surface area contributed by atoms with Crippen LogP contribution in [-0.2, 0) is 16.6 Å². The van der Waals surface area contributed by atoms with E-state index in [2.05, 4.69) is 15.5 Å². The number of carbonyl (C=O) groups is 2. The molecule has 1 N–H and O–H groups in total. The third-order valence-corrected chi connectivity index (χ3v) is 6.18. The van der Waals surface area contributed by atoms with Crippen LogP contribution in [0, 0.1) is 12.7 Å². The Balaban J connectivity index is 1.45. The fourth-order valence-corrected chi connectivity index (χ4v) is 4.19. The molecule has 1 atom stereocenters. The largest absolute Gasteiger partial charge is 0.482 e. The minimum absolute atomic E-state index is 0.0411. The molecule has 1 aromatic heterocycles. The fourth-order valence-electron chi connectivity index (χ4n) is 3.48. The molecule has 0 aliphatic carbocycles. The Morgan fingerprint density at radius 1 is 1.28 bits per heavy atom. The summed E-state index contributed by atoms with van der Waals surface area (Å²) in [6, 6.07) is 11.5. The summed E-state index contributed by atoms with van der Waals surface area (Å²) in [6.45, 7) is 3.49. The second-order valence-corrected chi connectivity index (χ2v) is 8.34. The van der Waals surface area contributed by atoms with E-state index in [1.807, 2.05) is 31.2 Å². The molecule has 0 saturated heterocycles. The summed E-state index contributed by atoms with van der Waals surface area (Å²) in [4.78, 5) is 26.5. The highest BCUT2D eigenvalue weighted by atomic mass is 32.2. The number of amides is 2. The number of rotatable bonds is 6. The third kappa shape index (κ3) is 4.31. The molecule has 1 aliphatic rings. The van der Waals surface area contributed by atoms with E-state index >= 15 is 0 Å². The number of nitrogens with one attached hydrogen (secondary N) is 1. The van der Waals surface area contributed by atoms with Crippen LogP contribution >= 0.6 is 11.8 Å². The zero-order valence-electron chi connectivity index (χ0n) is 17.8. The van der Waals surface area contributed by atoms with Gasteiger partial charge < -0.3 is 14.6 Å². The first-order chi connectivity index (χ1) is 15.3. The summed E-state index contributed by atoms with van der Waals surface area (Å²) < 4.78 is 20.9. The van der Waals surface area contributed by atoms with Gasteiger partial charge >= 0.3 is 0 Å². The van der Waals surface area contributed by atoms with Gasteiger partial charge in [-0.2, -0.15) is 0 Å². The Bertz CT molecular complexity index is 1180. The van der Waals surface area contributed by atoms with Crippen molar-refractivity contribution < 1.29 is 18.7 Å². The van der Waals surface area contributed by atoms with Crippen LogP contribution in [0.2, 0.25) is 0 Å². The van der Waals surface area contributed by atoms with Crippen LogP contribution in [0.3, 0.4) is 0 Å². The molecule has 2 aromatic carbocycles. The number of aromatic nitrogens is 3. The molecule has 0 spiro atoms. The van der Waals surface area contributed by atoms with E-state index < -0.39 is 0 Å². The normalized spacial score (nSPS) is 14.0. The van der Waals surface area contributed by atoms with Gasteiger partial charge in [0.1, 0.15) is 11.6 Å². The highest BCUT2D eigenvalue weighted by Gasteiger charge is 2.32. The van der Waals surface area contributed by atoms with Gasteiger partial charge in [-0.15, -0.1) is 10.2 Å². The van der Waals surface area contributed by atoms with Gasteiger partial charge in [0.25, 0.3) is 5.91 Å². The van der Waals surface area contributed by atoms with Gasteiger partial charge in [-0.3, -0.25) is 14.5 Å². The first-order valence-corrected chi connectivity index (χ1v) is 11.0. The average Bonchev–Trinajstić information content (AvgIpc) is 3.14. The number of carbonyl (C=O) groups excluding carboxylic acids is 2. The molecule has 0 fully saturated rings. The van der Waals surface area contributed by atoms with Crippen molar-refractivity contribution in [2.75, 3.05) is 22.6 Å². The fraction of sp³-hybridized carbons (Fsp3) is 0.273. The van der Waals surface area contributed by atoms with Crippen molar-refractivity contribution >= 4 is 35.0 Å². The third-order valence-electron chi connectivity index (χ3n) is 5.16. The van der Waals surface area contributed by atoms with Crippen LogP contribution in [0.15, 0.2) is 47.6 Å². The maximum atomic E-state index is 13.7. The maximum absolute atomic E-state index is 13.7. The summed E-state index contributed by atoms with van der Waals surface area (Å²) >= 11 is 1.21. The minimum Gasteiger partial charge on any atom is -0.482 e. The molecule has 32 heavy (non-hydrogen) atoms. The molecule has 8 nitrogen and oxygen atoms in total. The summed E-state index contributed by atoms with van der Waals surface area (Å²) in [6.07, 6.45) is 0. The lowest BCUT2D eigenvalue weighted by Gasteiger charge is -2.33. The monoisotopic (exact) mass is 455 g/mol. The molecule has 4 rings (SSSR count). The number of para-hydroxylation sites is 2. The molecule has 0 bridgehead atoms. The summed E-state index contributed by atoms with van der Waals surface area (Å²) in [5.41, 5.74) is 1.59. The first kappa shape index (κ1) is 21.8. The summed E-state index contributed by atoms with van der Waals surface area (Å²) in [5.74, 6) is 0.473. The summed E-state index contributed by atoms with van der Waals surface area (Å²) in [7, 11) is 1.79. The van der Waals surface area contributed by atoms with Crippen LogP contribution in [0.4, 0.5) is 15.8 Å². The van der Waals surface area contributed by atoms with Gasteiger partial charge in [-0.05, 0) is 43.7 Å². The smallest absolute Gasteiger partial charge is 0.265 e.